The lowest BCUT2D eigenvalue weighted by Crippen LogP contribution is -2.59. The predicted octanol–water partition coefficient (Wildman–Crippen LogP) is 3.11. The molecule has 0 aromatic heterocycles. The summed E-state index contributed by atoms with van der Waals surface area (Å²) in [6.07, 6.45) is 7.13. The predicted molar refractivity (Wildman–Crippen MR) is 102 cm³/mol. The minimum atomic E-state index is -3.77. The maximum absolute atomic E-state index is 13.8. The van der Waals surface area contributed by atoms with Gasteiger partial charge >= 0.3 is 0 Å². The van der Waals surface area contributed by atoms with Crippen molar-refractivity contribution < 1.29 is 17.5 Å². The van der Waals surface area contributed by atoms with Crippen molar-refractivity contribution in [3.8, 4) is 5.75 Å². The highest BCUT2D eigenvalue weighted by Crippen LogP contribution is 2.41. The number of hydrogen-bond acceptors (Lipinski definition) is 4. The largest absolute Gasteiger partial charge is 0.495 e. The summed E-state index contributed by atoms with van der Waals surface area (Å²) < 4.78 is 47.2. The Balaban J connectivity index is 1.60. The van der Waals surface area contributed by atoms with Gasteiger partial charge in [0.15, 0.2) is 0 Å². The van der Waals surface area contributed by atoms with Crippen molar-refractivity contribution in [1.29, 1.82) is 0 Å². The topological polar surface area (TPSA) is 49.9 Å². The first-order valence-corrected chi connectivity index (χ1v) is 11.5. The molecule has 0 spiro atoms. The van der Waals surface area contributed by atoms with E-state index >= 15 is 0 Å². The zero-order valence-corrected chi connectivity index (χ0v) is 16.8. The molecule has 1 saturated carbocycles. The maximum Gasteiger partial charge on any atom is 0.246 e. The second kappa shape index (κ2) is 7.68. The summed E-state index contributed by atoms with van der Waals surface area (Å²) >= 11 is 0. The first-order valence-electron chi connectivity index (χ1n) is 10.1. The van der Waals surface area contributed by atoms with Crippen LogP contribution in [0, 0.1) is 17.7 Å². The van der Waals surface area contributed by atoms with Crippen LogP contribution in [0.2, 0.25) is 0 Å². The van der Waals surface area contributed by atoms with E-state index in [1.807, 2.05) is 0 Å². The number of likely N-dealkylation sites (tertiary alicyclic amines) is 1. The average Bonchev–Trinajstić information content (AvgIpc) is 2.67. The van der Waals surface area contributed by atoms with Gasteiger partial charge in [0.25, 0.3) is 0 Å². The SMILES string of the molecule is COc1ccc(F)cc1S(=O)(=O)N1C[C@H]2CCC[C@@H](C1)C2N1CCCCC1. The molecule has 5 nitrogen and oxygen atoms in total. The van der Waals surface area contributed by atoms with Gasteiger partial charge in [0.1, 0.15) is 16.5 Å². The molecule has 150 valence electrons. The number of sulfonamides is 1. The molecule has 27 heavy (non-hydrogen) atoms. The zero-order chi connectivity index (χ0) is 19.0. The van der Waals surface area contributed by atoms with Gasteiger partial charge in [0.05, 0.1) is 7.11 Å². The van der Waals surface area contributed by atoms with Crippen molar-refractivity contribution in [2.45, 2.75) is 49.5 Å². The Hall–Kier alpha value is -1.18. The smallest absolute Gasteiger partial charge is 0.246 e. The summed E-state index contributed by atoms with van der Waals surface area (Å²) in [6, 6.07) is 4.21. The van der Waals surface area contributed by atoms with Gasteiger partial charge in [0, 0.05) is 19.1 Å². The highest BCUT2D eigenvalue weighted by atomic mass is 32.2. The molecule has 2 saturated heterocycles. The quantitative estimate of drug-likeness (QED) is 0.785. The minimum Gasteiger partial charge on any atom is -0.495 e. The van der Waals surface area contributed by atoms with Crippen LogP contribution in [0.1, 0.15) is 38.5 Å². The second-order valence-corrected chi connectivity index (χ2v) is 10.1. The van der Waals surface area contributed by atoms with Gasteiger partial charge in [0.2, 0.25) is 10.0 Å². The number of hydrogen-bond donors (Lipinski definition) is 0. The number of nitrogens with zero attached hydrogens (tertiary/aromatic N) is 2. The van der Waals surface area contributed by atoms with Crippen LogP contribution in [-0.2, 0) is 10.0 Å². The highest BCUT2D eigenvalue weighted by molar-refractivity contribution is 7.89. The van der Waals surface area contributed by atoms with Gasteiger partial charge in [-0.25, -0.2) is 12.8 Å². The summed E-state index contributed by atoms with van der Waals surface area (Å²) in [5, 5.41) is 0. The van der Waals surface area contributed by atoms with E-state index in [1.165, 1.54) is 44.9 Å². The van der Waals surface area contributed by atoms with Crippen LogP contribution in [0.5, 0.6) is 5.75 Å². The van der Waals surface area contributed by atoms with Crippen molar-refractivity contribution in [2.75, 3.05) is 33.3 Å². The van der Waals surface area contributed by atoms with E-state index in [9.17, 15) is 12.8 Å². The first kappa shape index (κ1) is 19.2. The molecular formula is C20H29FN2O3S. The third kappa shape index (κ3) is 3.61. The summed E-state index contributed by atoms with van der Waals surface area (Å²) in [7, 11) is -2.35. The number of piperidine rings is 2. The number of ether oxygens (including phenoxy) is 1. The Labute approximate surface area is 161 Å². The second-order valence-electron chi connectivity index (χ2n) is 8.16. The molecule has 2 heterocycles. The normalized spacial score (nSPS) is 30.2. The Morgan fingerprint density at radius 2 is 1.70 bits per heavy atom. The molecule has 3 atom stereocenters. The number of halogens is 1. The third-order valence-electron chi connectivity index (χ3n) is 6.55. The molecule has 1 unspecified atom stereocenters. The van der Waals surface area contributed by atoms with Crippen molar-refractivity contribution in [3.05, 3.63) is 24.0 Å². The summed E-state index contributed by atoms with van der Waals surface area (Å²) in [5.41, 5.74) is 0. The highest BCUT2D eigenvalue weighted by Gasteiger charge is 2.46. The number of rotatable bonds is 4. The Kier molecular flexibility index (Phi) is 5.45. The molecule has 4 rings (SSSR count). The zero-order valence-electron chi connectivity index (χ0n) is 15.9. The van der Waals surface area contributed by atoms with Crippen LogP contribution in [-0.4, -0.2) is 57.0 Å². The van der Waals surface area contributed by atoms with Gasteiger partial charge in [-0.15, -0.1) is 0 Å². The summed E-state index contributed by atoms with van der Waals surface area (Å²) in [6.45, 7) is 3.34. The van der Waals surface area contributed by atoms with Crippen LogP contribution in [0.4, 0.5) is 4.39 Å². The molecule has 1 aliphatic carbocycles. The lowest BCUT2D eigenvalue weighted by atomic mass is 9.73. The van der Waals surface area contributed by atoms with Crippen LogP contribution < -0.4 is 4.74 Å². The Morgan fingerprint density at radius 3 is 2.33 bits per heavy atom. The fraction of sp³-hybridized carbons (Fsp3) is 0.700. The number of benzene rings is 1. The Bertz CT molecular complexity index is 765. The molecule has 7 heteroatoms. The van der Waals surface area contributed by atoms with E-state index < -0.39 is 15.8 Å². The van der Waals surface area contributed by atoms with E-state index in [4.69, 9.17) is 4.74 Å². The standard InChI is InChI=1S/C20H29FN2O3S/c1-26-18-9-8-17(21)12-19(18)27(24,25)23-13-15-6-5-7-16(14-23)20(15)22-10-3-2-4-11-22/h8-9,12,15-16,20H,2-7,10-11,13-14H2,1H3/t15-,16+,20?. The molecular weight excluding hydrogens is 367 g/mol. The lowest BCUT2D eigenvalue weighted by molar-refractivity contribution is -0.00314. The van der Waals surface area contributed by atoms with Crippen LogP contribution in [0.3, 0.4) is 0 Å². The van der Waals surface area contributed by atoms with Crippen LogP contribution in [0.25, 0.3) is 0 Å². The Morgan fingerprint density at radius 1 is 1.04 bits per heavy atom. The van der Waals surface area contributed by atoms with Crippen molar-refractivity contribution in [1.82, 2.24) is 9.21 Å². The van der Waals surface area contributed by atoms with Crippen molar-refractivity contribution in [3.63, 3.8) is 0 Å². The van der Waals surface area contributed by atoms with E-state index in [0.29, 0.717) is 31.0 Å². The molecule has 0 amide bonds. The molecule has 2 aliphatic heterocycles. The van der Waals surface area contributed by atoms with Crippen molar-refractivity contribution in [2.24, 2.45) is 11.8 Å². The lowest BCUT2D eigenvalue weighted by Gasteiger charge is -2.52. The van der Waals surface area contributed by atoms with Gasteiger partial charge in [-0.1, -0.05) is 12.8 Å². The molecule has 3 aliphatic rings. The summed E-state index contributed by atoms with van der Waals surface area (Å²) in [5.74, 6) is 0.382. The molecule has 3 fully saturated rings. The summed E-state index contributed by atoms with van der Waals surface area (Å²) in [4.78, 5) is 2.56. The van der Waals surface area contributed by atoms with Gasteiger partial charge in [-0.3, -0.25) is 4.90 Å². The first-order chi connectivity index (χ1) is 13.0. The van der Waals surface area contributed by atoms with Gasteiger partial charge < -0.3 is 4.74 Å². The van der Waals surface area contributed by atoms with E-state index in [-0.39, 0.29) is 10.6 Å². The molecule has 0 N–H and O–H groups in total. The van der Waals surface area contributed by atoms with Crippen molar-refractivity contribution >= 4 is 10.0 Å². The number of methoxy groups -OCH3 is 1. The molecule has 0 radical (unpaired) electrons. The van der Waals surface area contributed by atoms with Crippen LogP contribution >= 0.6 is 0 Å². The van der Waals surface area contributed by atoms with E-state index in [2.05, 4.69) is 4.90 Å². The maximum atomic E-state index is 13.8. The molecule has 1 aromatic carbocycles. The van der Waals surface area contributed by atoms with Crippen LogP contribution in [0.15, 0.2) is 23.1 Å². The fourth-order valence-electron chi connectivity index (χ4n) is 5.37. The molecule has 2 bridgehead atoms. The third-order valence-corrected chi connectivity index (χ3v) is 8.40. The van der Waals surface area contributed by atoms with E-state index in [0.717, 1.165) is 32.0 Å². The average molecular weight is 397 g/mol. The monoisotopic (exact) mass is 396 g/mol. The van der Waals surface area contributed by atoms with E-state index in [1.54, 1.807) is 4.31 Å². The number of fused-ring (bicyclic) bond motifs is 2. The molecule has 1 aromatic rings. The van der Waals surface area contributed by atoms with Gasteiger partial charge in [-0.2, -0.15) is 4.31 Å². The fourth-order valence-corrected chi connectivity index (χ4v) is 7.09. The van der Waals surface area contributed by atoms with Gasteiger partial charge in [-0.05, 0) is 68.8 Å². The minimum absolute atomic E-state index is 0.0560.